The van der Waals surface area contributed by atoms with Crippen LogP contribution in [0.4, 0.5) is 0 Å². The summed E-state index contributed by atoms with van der Waals surface area (Å²) in [5.41, 5.74) is 5.92. The molecule has 0 aromatic carbocycles. The largest absolute Gasteiger partial charge is 0.378 e. The molecule has 1 saturated carbocycles. The second kappa shape index (κ2) is 3.11. The second-order valence-electron chi connectivity index (χ2n) is 4.73. The molecule has 0 aliphatic heterocycles. The summed E-state index contributed by atoms with van der Waals surface area (Å²) in [5.74, 6) is 0. The molecule has 2 nitrogen and oxygen atoms in total. The van der Waals surface area contributed by atoms with Gasteiger partial charge in [-0.3, -0.25) is 0 Å². The Balaban J connectivity index is 2.05. The Bertz CT molecular complexity index is 122. The highest BCUT2D eigenvalue weighted by atomic mass is 16.5. The fourth-order valence-corrected chi connectivity index (χ4v) is 1.11. The molecule has 66 valence electrons. The first kappa shape index (κ1) is 9.01. The molecule has 1 aliphatic carbocycles. The normalized spacial score (nSPS) is 31.6. The van der Waals surface area contributed by atoms with Crippen molar-refractivity contribution >= 4 is 0 Å². The maximum Gasteiger partial charge on any atom is 0.0604 e. The fourth-order valence-electron chi connectivity index (χ4n) is 1.11. The molecule has 0 aromatic heterocycles. The van der Waals surface area contributed by atoms with Crippen LogP contribution in [0.15, 0.2) is 0 Å². The summed E-state index contributed by atoms with van der Waals surface area (Å²) in [5, 5.41) is 0. The van der Waals surface area contributed by atoms with Crippen molar-refractivity contribution in [3.63, 3.8) is 0 Å². The van der Waals surface area contributed by atoms with E-state index < -0.39 is 0 Å². The lowest BCUT2D eigenvalue weighted by Crippen LogP contribution is -2.42. The van der Waals surface area contributed by atoms with E-state index in [9.17, 15) is 0 Å². The Morgan fingerprint density at radius 1 is 1.36 bits per heavy atom. The molecule has 0 radical (unpaired) electrons. The number of hydrogen-bond donors (Lipinski definition) is 1. The topological polar surface area (TPSA) is 35.2 Å². The molecule has 0 unspecified atom stereocenters. The van der Waals surface area contributed by atoms with Gasteiger partial charge in [-0.25, -0.2) is 0 Å². The van der Waals surface area contributed by atoms with Crippen molar-refractivity contribution in [3.8, 4) is 0 Å². The smallest absolute Gasteiger partial charge is 0.0604 e. The van der Waals surface area contributed by atoms with Crippen LogP contribution in [0.1, 0.15) is 33.6 Å². The lowest BCUT2D eigenvalue weighted by atomic mass is 9.89. The van der Waals surface area contributed by atoms with E-state index in [1.54, 1.807) is 0 Å². The van der Waals surface area contributed by atoms with Gasteiger partial charge >= 0.3 is 0 Å². The third kappa shape index (κ3) is 3.21. The third-order valence-electron chi connectivity index (χ3n) is 1.88. The standard InChI is InChI=1S/C9H19NO/c1-9(2,3)6-11-8-4-7(10)5-8/h7-8H,4-6,10H2,1-3H3. The molecule has 0 bridgehead atoms. The number of nitrogens with two attached hydrogens (primary N) is 1. The summed E-state index contributed by atoms with van der Waals surface area (Å²) in [4.78, 5) is 0. The van der Waals surface area contributed by atoms with Crippen molar-refractivity contribution < 1.29 is 4.74 Å². The third-order valence-corrected chi connectivity index (χ3v) is 1.88. The van der Waals surface area contributed by atoms with E-state index in [1.807, 2.05) is 0 Å². The molecule has 0 heterocycles. The molecule has 0 aromatic rings. The van der Waals surface area contributed by atoms with Crippen molar-refractivity contribution in [1.82, 2.24) is 0 Å². The van der Waals surface area contributed by atoms with Crippen LogP contribution < -0.4 is 5.73 Å². The highest BCUT2D eigenvalue weighted by molar-refractivity contribution is 4.83. The fraction of sp³-hybridized carbons (Fsp3) is 1.00. The monoisotopic (exact) mass is 157 g/mol. The molecule has 0 amide bonds. The Kier molecular flexibility index (Phi) is 2.55. The maximum absolute atomic E-state index is 5.63. The van der Waals surface area contributed by atoms with E-state index in [0.29, 0.717) is 17.6 Å². The summed E-state index contributed by atoms with van der Waals surface area (Å²) in [6, 6.07) is 0.403. The molecular weight excluding hydrogens is 138 g/mol. The first-order valence-corrected chi connectivity index (χ1v) is 4.34. The zero-order valence-electron chi connectivity index (χ0n) is 7.76. The van der Waals surface area contributed by atoms with E-state index >= 15 is 0 Å². The minimum Gasteiger partial charge on any atom is -0.378 e. The predicted molar refractivity (Wildman–Crippen MR) is 46.4 cm³/mol. The van der Waals surface area contributed by atoms with Gasteiger partial charge < -0.3 is 10.5 Å². The average molecular weight is 157 g/mol. The van der Waals surface area contributed by atoms with Crippen molar-refractivity contribution in [2.45, 2.75) is 45.8 Å². The van der Waals surface area contributed by atoms with Gasteiger partial charge in [0.15, 0.2) is 0 Å². The molecule has 1 rings (SSSR count). The van der Waals surface area contributed by atoms with Crippen LogP contribution in [0.5, 0.6) is 0 Å². The van der Waals surface area contributed by atoms with Crippen LogP contribution >= 0.6 is 0 Å². The lowest BCUT2D eigenvalue weighted by molar-refractivity contribution is -0.0393. The number of hydrogen-bond acceptors (Lipinski definition) is 2. The summed E-state index contributed by atoms with van der Waals surface area (Å²) in [7, 11) is 0. The van der Waals surface area contributed by atoms with Crippen LogP contribution in [0.25, 0.3) is 0 Å². The Labute approximate surface area is 69.1 Å². The summed E-state index contributed by atoms with van der Waals surface area (Å²) >= 11 is 0. The molecule has 1 fully saturated rings. The van der Waals surface area contributed by atoms with Gasteiger partial charge in [-0.2, -0.15) is 0 Å². The lowest BCUT2D eigenvalue weighted by Gasteiger charge is -2.34. The van der Waals surface area contributed by atoms with Gasteiger partial charge in [-0.05, 0) is 18.3 Å². The van der Waals surface area contributed by atoms with Gasteiger partial charge in [0, 0.05) is 6.04 Å². The molecule has 2 heteroatoms. The van der Waals surface area contributed by atoms with Crippen LogP contribution in [0.2, 0.25) is 0 Å². The van der Waals surface area contributed by atoms with Crippen LogP contribution in [-0.2, 0) is 4.74 Å². The second-order valence-corrected chi connectivity index (χ2v) is 4.73. The van der Waals surface area contributed by atoms with Crippen molar-refractivity contribution in [3.05, 3.63) is 0 Å². The Hall–Kier alpha value is -0.0800. The SMILES string of the molecule is CC(C)(C)COC1CC(N)C1. The molecule has 0 spiro atoms. The molecule has 0 atom stereocenters. The first-order valence-electron chi connectivity index (χ1n) is 4.34. The van der Waals surface area contributed by atoms with Crippen molar-refractivity contribution in [2.75, 3.05) is 6.61 Å². The Morgan fingerprint density at radius 3 is 2.27 bits per heavy atom. The van der Waals surface area contributed by atoms with E-state index in [4.69, 9.17) is 10.5 Å². The van der Waals surface area contributed by atoms with E-state index in [2.05, 4.69) is 20.8 Å². The minimum absolute atomic E-state index is 0.291. The minimum atomic E-state index is 0.291. The van der Waals surface area contributed by atoms with Crippen LogP contribution in [0.3, 0.4) is 0 Å². The summed E-state index contributed by atoms with van der Waals surface area (Å²) in [6.45, 7) is 7.41. The summed E-state index contributed by atoms with van der Waals surface area (Å²) < 4.78 is 5.63. The van der Waals surface area contributed by atoms with Gasteiger partial charge in [0.25, 0.3) is 0 Å². The van der Waals surface area contributed by atoms with E-state index in [1.165, 1.54) is 0 Å². The van der Waals surface area contributed by atoms with Gasteiger partial charge in [-0.1, -0.05) is 20.8 Å². The van der Waals surface area contributed by atoms with Gasteiger partial charge in [0.1, 0.15) is 0 Å². The van der Waals surface area contributed by atoms with Gasteiger partial charge in [0.2, 0.25) is 0 Å². The van der Waals surface area contributed by atoms with Crippen LogP contribution in [-0.4, -0.2) is 18.8 Å². The van der Waals surface area contributed by atoms with Crippen molar-refractivity contribution in [1.29, 1.82) is 0 Å². The molecular formula is C9H19NO. The zero-order valence-corrected chi connectivity index (χ0v) is 7.76. The molecule has 1 aliphatic rings. The number of rotatable bonds is 2. The molecule has 11 heavy (non-hydrogen) atoms. The van der Waals surface area contributed by atoms with Gasteiger partial charge in [-0.15, -0.1) is 0 Å². The summed E-state index contributed by atoms with van der Waals surface area (Å²) in [6.07, 6.45) is 2.55. The highest BCUT2D eigenvalue weighted by Gasteiger charge is 2.27. The van der Waals surface area contributed by atoms with Crippen LogP contribution in [0, 0.1) is 5.41 Å². The number of ether oxygens (including phenoxy) is 1. The molecule has 0 saturated heterocycles. The average Bonchev–Trinajstić information content (AvgIpc) is 1.75. The predicted octanol–water partition coefficient (Wildman–Crippen LogP) is 1.54. The van der Waals surface area contributed by atoms with Crippen molar-refractivity contribution in [2.24, 2.45) is 11.1 Å². The zero-order chi connectivity index (χ0) is 8.48. The highest BCUT2D eigenvalue weighted by Crippen LogP contribution is 2.24. The quantitative estimate of drug-likeness (QED) is 0.660. The molecule has 2 N–H and O–H groups in total. The van der Waals surface area contributed by atoms with Gasteiger partial charge in [0.05, 0.1) is 12.7 Å². The Morgan fingerprint density at radius 2 is 1.91 bits per heavy atom. The maximum atomic E-state index is 5.63. The first-order chi connectivity index (χ1) is 4.97. The van der Waals surface area contributed by atoms with E-state index in [-0.39, 0.29) is 0 Å². The van der Waals surface area contributed by atoms with E-state index in [0.717, 1.165) is 19.4 Å².